The Balaban J connectivity index is 1.68. The van der Waals surface area contributed by atoms with Crippen LogP contribution < -0.4 is 4.90 Å². The van der Waals surface area contributed by atoms with Crippen LogP contribution >= 0.6 is 11.3 Å². The Labute approximate surface area is 140 Å². The summed E-state index contributed by atoms with van der Waals surface area (Å²) in [6, 6.07) is 8.74. The van der Waals surface area contributed by atoms with Gasteiger partial charge in [-0.1, -0.05) is 18.3 Å². The SMILES string of the molecule is Cc1cc(C)n(-c2nc3ccc(N4CCC(C)CC4)cc3s2)n1. The number of piperidine rings is 1. The summed E-state index contributed by atoms with van der Waals surface area (Å²) in [6.07, 6.45) is 2.58. The molecule has 3 heterocycles. The van der Waals surface area contributed by atoms with Crippen LogP contribution in [0.2, 0.25) is 0 Å². The number of hydrogen-bond donors (Lipinski definition) is 0. The van der Waals surface area contributed by atoms with E-state index in [2.05, 4.69) is 48.1 Å². The molecular weight excluding hydrogens is 304 g/mol. The number of aryl methyl sites for hydroxylation is 2. The Morgan fingerprint density at radius 1 is 1.13 bits per heavy atom. The van der Waals surface area contributed by atoms with E-state index in [1.165, 1.54) is 23.2 Å². The van der Waals surface area contributed by atoms with Gasteiger partial charge in [-0.25, -0.2) is 9.67 Å². The molecule has 23 heavy (non-hydrogen) atoms. The summed E-state index contributed by atoms with van der Waals surface area (Å²) in [5.74, 6) is 0.857. The second-order valence-corrected chi connectivity index (χ2v) is 7.67. The van der Waals surface area contributed by atoms with E-state index < -0.39 is 0 Å². The van der Waals surface area contributed by atoms with Gasteiger partial charge in [0.05, 0.1) is 15.9 Å². The fourth-order valence-electron chi connectivity index (χ4n) is 3.28. The Hall–Kier alpha value is -1.88. The average molecular weight is 326 g/mol. The number of anilines is 1. The van der Waals surface area contributed by atoms with Crippen molar-refractivity contribution in [3.05, 3.63) is 35.7 Å². The third kappa shape index (κ3) is 2.74. The first-order valence-electron chi connectivity index (χ1n) is 8.29. The van der Waals surface area contributed by atoms with Crippen LogP contribution in [0.25, 0.3) is 15.3 Å². The van der Waals surface area contributed by atoms with Crippen molar-refractivity contribution in [3.8, 4) is 5.13 Å². The molecule has 4 rings (SSSR count). The van der Waals surface area contributed by atoms with Gasteiger partial charge in [0.15, 0.2) is 0 Å². The molecule has 0 saturated carbocycles. The summed E-state index contributed by atoms with van der Waals surface area (Å²) < 4.78 is 3.19. The summed E-state index contributed by atoms with van der Waals surface area (Å²) in [6.45, 7) is 8.77. The predicted octanol–water partition coefficient (Wildman–Crippen LogP) is 4.34. The first-order valence-corrected chi connectivity index (χ1v) is 9.11. The van der Waals surface area contributed by atoms with Crippen LogP contribution in [-0.2, 0) is 0 Å². The van der Waals surface area contributed by atoms with Crippen molar-refractivity contribution < 1.29 is 0 Å². The van der Waals surface area contributed by atoms with Gasteiger partial charge < -0.3 is 4.90 Å². The molecule has 4 nitrogen and oxygen atoms in total. The average Bonchev–Trinajstić information content (AvgIpc) is 3.09. The second-order valence-electron chi connectivity index (χ2n) is 6.66. The van der Waals surface area contributed by atoms with Crippen molar-refractivity contribution in [2.75, 3.05) is 18.0 Å². The lowest BCUT2D eigenvalue weighted by Crippen LogP contribution is -2.32. The quantitative estimate of drug-likeness (QED) is 0.702. The van der Waals surface area contributed by atoms with E-state index in [4.69, 9.17) is 4.98 Å². The molecule has 1 saturated heterocycles. The molecule has 2 aromatic heterocycles. The van der Waals surface area contributed by atoms with Crippen LogP contribution in [0.1, 0.15) is 31.2 Å². The Bertz CT molecular complexity index is 840. The predicted molar refractivity (Wildman–Crippen MR) is 96.8 cm³/mol. The first-order chi connectivity index (χ1) is 11.1. The summed E-state index contributed by atoms with van der Waals surface area (Å²) >= 11 is 1.72. The molecule has 1 aromatic carbocycles. The van der Waals surface area contributed by atoms with Crippen LogP contribution in [0.4, 0.5) is 5.69 Å². The number of fused-ring (bicyclic) bond motifs is 1. The van der Waals surface area contributed by atoms with Gasteiger partial charge in [0.1, 0.15) is 0 Å². The molecule has 0 bridgehead atoms. The van der Waals surface area contributed by atoms with E-state index in [-0.39, 0.29) is 0 Å². The van der Waals surface area contributed by atoms with Gasteiger partial charge in [-0.3, -0.25) is 0 Å². The lowest BCUT2D eigenvalue weighted by atomic mass is 9.99. The number of nitrogens with zero attached hydrogens (tertiary/aromatic N) is 4. The van der Waals surface area contributed by atoms with Crippen molar-refractivity contribution in [1.29, 1.82) is 0 Å². The van der Waals surface area contributed by atoms with Gasteiger partial charge >= 0.3 is 0 Å². The number of rotatable bonds is 2. The molecule has 0 amide bonds. The molecule has 1 aliphatic rings. The second kappa shape index (κ2) is 5.64. The van der Waals surface area contributed by atoms with E-state index in [1.54, 1.807) is 11.3 Å². The van der Waals surface area contributed by atoms with Crippen LogP contribution in [0, 0.1) is 19.8 Å². The van der Waals surface area contributed by atoms with Gasteiger partial charge in [0.2, 0.25) is 5.13 Å². The van der Waals surface area contributed by atoms with E-state index in [9.17, 15) is 0 Å². The normalized spacial score (nSPS) is 16.4. The minimum atomic E-state index is 0.857. The van der Waals surface area contributed by atoms with Crippen molar-refractivity contribution in [1.82, 2.24) is 14.8 Å². The minimum Gasteiger partial charge on any atom is -0.371 e. The zero-order valence-corrected chi connectivity index (χ0v) is 14.7. The molecule has 0 radical (unpaired) electrons. The van der Waals surface area contributed by atoms with Crippen LogP contribution in [-0.4, -0.2) is 27.9 Å². The van der Waals surface area contributed by atoms with Gasteiger partial charge in [-0.05, 0) is 56.9 Å². The monoisotopic (exact) mass is 326 g/mol. The lowest BCUT2D eigenvalue weighted by molar-refractivity contribution is 0.438. The Kier molecular flexibility index (Phi) is 3.60. The summed E-state index contributed by atoms with van der Waals surface area (Å²) in [4.78, 5) is 7.26. The smallest absolute Gasteiger partial charge is 0.211 e. The molecule has 5 heteroatoms. The van der Waals surface area contributed by atoms with E-state index in [0.29, 0.717) is 0 Å². The first kappa shape index (κ1) is 14.7. The molecule has 1 aliphatic heterocycles. The van der Waals surface area contributed by atoms with Crippen LogP contribution in [0.15, 0.2) is 24.3 Å². The Morgan fingerprint density at radius 2 is 1.91 bits per heavy atom. The van der Waals surface area contributed by atoms with Gasteiger partial charge in [-0.2, -0.15) is 5.10 Å². The summed E-state index contributed by atoms with van der Waals surface area (Å²) in [5.41, 5.74) is 4.55. The largest absolute Gasteiger partial charge is 0.371 e. The van der Waals surface area contributed by atoms with E-state index in [0.717, 1.165) is 41.0 Å². The fourth-order valence-corrected chi connectivity index (χ4v) is 4.29. The van der Waals surface area contributed by atoms with Crippen molar-refractivity contribution in [2.24, 2.45) is 5.92 Å². The summed E-state index contributed by atoms with van der Waals surface area (Å²) in [7, 11) is 0. The number of aromatic nitrogens is 3. The lowest BCUT2D eigenvalue weighted by Gasteiger charge is -2.32. The zero-order chi connectivity index (χ0) is 16.0. The van der Waals surface area contributed by atoms with Gasteiger partial charge in [-0.15, -0.1) is 0 Å². The van der Waals surface area contributed by atoms with Crippen molar-refractivity contribution in [3.63, 3.8) is 0 Å². The Morgan fingerprint density at radius 3 is 2.61 bits per heavy atom. The molecule has 1 fully saturated rings. The number of thiazole rings is 1. The van der Waals surface area contributed by atoms with Crippen molar-refractivity contribution in [2.45, 2.75) is 33.6 Å². The highest BCUT2D eigenvalue weighted by molar-refractivity contribution is 7.20. The summed E-state index contributed by atoms with van der Waals surface area (Å²) in [5, 5.41) is 5.50. The third-order valence-electron chi connectivity index (χ3n) is 4.70. The standard InChI is InChI=1S/C18H22N4S/c1-12-6-8-21(9-7-12)15-4-5-16-17(11-15)23-18(19-16)22-14(3)10-13(2)20-22/h4-5,10-12H,6-9H2,1-3H3. The maximum Gasteiger partial charge on any atom is 0.211 e. The third-order valence-corrected chi connectivity index (χ3v) is 5.69. The molecular formula is C18H22N4S. The molecule has 0 atom stereocenters. The van der Waals surface area contributed by atoms with Crippen LogP contribution in [0.3, 0.4) is 0 Å². The topological polar surface area (TPSA) is 34.0 Å². The molecule has 0 unspecified atom stereocenters. The number of benzene rings is 1. The van der Waals surface area contributed by atoms with E-state index in [1.807, 2.05) is 11.6 Å². The minimum absolute atomic E-state index is 0.857. The number of hydrogen-bond acceptors (Lipinski definition) is 4. The molecule has 0 N–H and O–H groups in total. The highest BCUT2D eigenvalue weighted by Gasteiger charge is 2.17. The highest BCUT2D eigenvalue weighted by atomic mass is 32.1. The molecule has 120 valence electrons. The zero-order valence-electron chi connectivity index (χ0n) is 13.9. The van der Waals surface area contributed by atoms with Crippen molar-refractivity contribution >= 4 is 27.2 Å². The van der Waals surface area contributed by atoms with E-state index >= 15 is 0 Å². The van der Waals surface area contributed by atoms with Crippen LogP contribution in [0.5, 0.6) is 0 Å². The fraction of sp³-hybridized carbons (Fsp3) is 0.444. The highest BCUT2D eigenvalue weighted by Crippen LogP contribution is 2.31. The van der Waals surface area contributed by atoms with Gasteiger partial charge in [0, 0.05) is 24.5 Å². The molecule has 3 aromatic rings. The maximum atomic E-state index is 4.76. The molecule has 0 spiro atoms. The maximum absolute atomic E-state index is 4.76. The van der Waals surface area contributed by atoms with Gasteiger partial charge in [0.25, 0.3) is 0 Å². The molecule has 0 aliphatic carbocycles.